The van der Waals surface area contributed by atoms with Gasteiger partial charge in [-0.2, -0.15) is 0 Å². The zero-order chi connectivity index (χ0) is 13.4. The van der Waals surface area contributed by atoms with E-state index in [2.05, 4.69) is 4.98 Å². The Balaban J connectivity index is 3.13. The first-order chi connectivity index (χ1) is 8.41. The number of H-pyrrole nitrogens is 1. The number of nitro benzene ring substituents is 1. The number of hydrogen-bond acceptors (Lipinski definition) is 4. The molecule has 0 aliphatic rings. The van der Waals surface area contributed by atoms with Gasteiger partial charge < -0.3 is 4.98 Å². The van der Waals surface area contributed by atoms with Gasteiger partial charge in [-0.05, 0) is 18.2 Å². The highest BCUT2D eigenvalue weighted by Crippen LogP contribution is 2.37. The molecule has 0 aliphatic carbocycles. The zero-order valence-corrected chi connectivity index (χ0v) is 10.1. The Morgan fingerprint density at radius 2 is 1.89 bits per heavy atom. The molecular formula is C10H4Cl2N2O4. The van der Waals surface area contributed by atoms with Gasteiger partial charge in [0.2, 0.25) is 5.43 Å². The summed E-state index contributed by atoms with van der Waals surface area (Å²) in [4.78, 5) is 35.0. The fraction of sp³-hybridized carbons (Fsp3) is 0. The molecule has 0 saturated carbocycles. The Kier molecular flexibility index (Phi) is 3.06. The lowest BCUT2D eigenvalue weighted by Crippen LogP contribution is -2.22. The van der Waals surface area contributed by atoms with Crippen molar-refractivity contribution in [2.45, 2.75) is 0 Å². The molecule has 0 bridgehead atoms. The number of nitrogens with one attached hydrogen (secondary N) is 1. The second kappa shape index (κ2) is 4.40. The van der Waals surface area contributed by atoms with Crippen LogP contribution >= 0.6 is 23.2 Å². The van der Waals surface area contributed by atoms with Crippen LogP contribution in [0.5, 0.6) is 0 Å². The van der Waals surface area contributed by atoms with Crippen LogP contribution in [0.15, 0.2) is 27.8 Å². The van der Waals surface area contributed by atoms with Crippen molar-refractivity contribution in [3.05, 3.63) is 58.9 Å². The topological polar surface area (TPSA) is 93.1 Å². The second-order valence-corrected chi connectivity index (χ2v) is 4.18. The van der Waals surface area contributed by atoms with Crippen molar-refractivity contribution in [1.82, 2.24) is 4.98 Å². The Morgan fingerprint density at radius 3 is 2.50 bits per heavy atom. The maximum atomic E-state index is 11.3. The zero-order valence-electron chi connectivity index (χ0n) is 8.57. The largest absolute Gasteiger partial charge is 0.318 e. The van der Waals surface area contributed by atoms with Crippen LogP contribution in [-0.2, 0) is 0 Å². The van der Waals surface area contributed by atoms with E-state index in [0.29, 0.717) is 0 Å². The van der Waals surface area contributed by atoms with Crippen LogP contribution in [0.3, 0.4) is 0 Å². The van der Waals surface area contributed by atoms with Crippen LogP contribution in [0.1, 0.15) is 0 Å². The van der Waals surface area contributed by atoms with Crippen LogP contribution in [0.2, 0.25) is 10.0 Å². The molecule has 8 heteroatoms. The Morgan fingerprint density at radius 1 is 1.22 bits per heavy atom. The predicted octanol–water partition coefficient (Wildman–Crippen LogP) is 2.10. The number of hydrogen-bond donors (Lipinski definition) is 1. The number of rotatable bonds is 1. The number of aromatic nitrogens is 1. The van der Waals surface area contributed by atoms with Gasteiger partial charge in [-0.25, -0.2) is 0 Å². The molecule has 18 heavy (non-hydrogen) atoms. The Bertz CT molecular complexity index is 785. The first-order valence-corrected chi connectivity index (χ1v) is 5.37. The lowest BCUT2D eigenvalue weighted by molar-refractivity contribution is -0.382. The van der Waals surface area contributed by atoms with E-state index in [1.165, 1.54) is 6.07 Å². The van der Waals surface area contributed by atoms with Gasteiger partial charge in [0.25, 0.3) is 11.2 Å². The number of benzene rings is 1. The van der Waals surface area contributed by atoms with Crippen molar-refractivity contribution < 1.29 is 4.92 Å². The molecule has 6 nitrogen and oxygen atoms in total. The number of halogens is 2. The number of nitro groups is 1. The molecule has 2 aromatic rings. The molecule has 0 unspecified atom stereocenters. The highest BCUT2D eigenvalue weighted by atomic mass is 35.5. The van der Waals surface area contributed by atoms with Crippen molar-refractivity contribution in [3.63, 3.8) is 0 Å². The fourth-order valence-electron chi connectivity index (χ4n) is 1.50. The van der Waals surface area contributed by atoms with Crippen molar-refractivity contribution in [2.24, 2.45) is 0 Å². The maximum absolute atomic E-state index is 11.3. The third-order valence-electron chi connectivity index (χ3n) is 2.29. The molecule has 92 valence electrons. The normalized spacial score (nSPS) is 10.6. The van der Waals surface area contributed by atoms with Crippen LogP contribution in [-0.4, -0.2) is 9.91 Å². The van der Waals surface area contributed by atoms with Gasteiger partial charge in [0.1, 0.15) is 5.02 Å². The van der Waals surface area contributed by atoms with Gasteiger partial charge in [0, 0.05) is 0 Å². The minimum Gasteiger partial charge on any atom is -0.318 e. The third-order valence-corrected chi connectivity index (χ3v) is 3.07. The molecule has 0 fully saturated rings. The summed E-state index contributed by atoms with van der Waals surface area (Å²) in [6, 6.07) is 3.36. The molecule has 1 aromatic heterocycles. The SMILES string of the molecule is O=c1ccc2c([N+](=O)[O-])c(Cl)c(Cl)cc2[nH]c1=O. The molecule has 1 aromatic carbocycles. The fourth-order valence-corrected chi connectivity index (χ4v) is 1.92. The summed E-state index contributed by atoms with van der Waals surface area (Å²) in [6.45, 7) is 0. The average Bonchev–Trinajstić information content (AvgIpc) is 2.41. The standard InChI is InChI=1S/C10H4Cl2N2O4/c11-5-3-6-4(9(8(5)12)14(17)18)1-2-7(15)10(16)13-6/h1-3H,(H,13,15,16). The summed E-state index contributed by atoms with van der Waals surface area (Å²) >= 11 is 11.5. The molecule has 0 aliphatic heterocycles. The predicted molar refractivity (Wildman–Crippen MR) is 67.5 cm³/mol. The van der Waals surface area contributed by atoms with Crippen LogP contribution in [0.25, 0.3) is 10.9 Å². The molecule has 0 spiro atoms. The van der Waals surface area contributed by atoms with E-state index in [-0.39, 0.29) is 20.9 Å². The molecular weight excluding hydrogens is 283 g/mol. The molecule has 1 heterocycles. The molecule has 1 N–H and O–H groups in total. The minimum atomic E-state index is -0.891. The van der Waals surface area contributed by atoms with Gasteiger partial charge in [-0.3, -0.25) is 19.7 Å². The minimum absolute atomic E-state index is 0.0357. The van der Waals surface area contributed by atoms with E-state index < -0.39 is 21.6 Å². The highest BCUT2D eigenvalue weighted by molar-refractivity contribution is 6.44. The molecule has 0 saturated heterocycles. The lowest BCUT2D eigenvalue weighted by atomic mass is 10.2. The van der Waals surface area contributed by atoms with Gasteiger partial charge >= 0.3 is 0 Å². The number of nitrogens with zero attached hydrogens (tertiary/aromatic N) is 1. The van der Waals surface area contributed by atoms with Crippen molar-refractivity contribution in [3.8, 4) is 0 Å². The van der Waals surface area contributed by atoms with Gasteiger partial charge in [-0.1, -0.05) is 23.2 Å². The monoisotopic (exact) mass is 286 g/mol. The molecule has 2 rings (SSSR count). The van der Waals surface area contributed by atoms with E-state index in [0.717, 1.165) is 12.1 Å². The first kappa shape index (κ1) is 12.5. The molecule has 0 atom stereocenters. The van der Waals surface area contributed by atoms with E-state index >= 15 is 0 Å². The van der Waals surface area contributed by atoms with Crippen molar-refractivity contribution in [1.29, 1.82) is 0 Å². The van der Waals surface area contributed by atoms with E-state index in [9.17, 15) is 19.7 Å². The van der Waals surface area contributed by atoms with E-state index in [1.807, 2.05) is 0 Å². The van der Waals surface area contributed by atoms with Crippen LogP contribution in [0, 0.1) is 10.1 Å². The summed E-state index contributed by atoms with van der Waals surface area (Å²) in [7, 11) is 0. The lowest BCUT2D eigenvalue weighted by Gasteiger charge is -2.00. The summed E-state index contributed by atoms with van der Waals surface area (Å²) in [5.41, 5.74) is -2.08. The van der Waals surface area contributed by atoms with Crippen LogP contribution in [0.4, 0.5) is 5.69 Å². The number of aromatic amines is 1. The van der Waals surface area contributed by atoms with E-state index in [4.69, 9.17) is 23.2 Å². The summed E-state index contributed by atoms with van der Waals surface area (Å²) < 4.78 is 0. The van der Waals surface area contributed by atoms with Crippen molar-refractivity contribution in [2.75, 3.05) is 0 Å². The summed E-state index contributed by atoms with van der Waals surface area (Å²) in [6.07, 6.45) is 0. The number of fused-ring (bicyclic) bond motifs is 1. The summed E-state index contributed by atoms with van der Waals surface area (Å²) in [5.74, 6) is 0. The Hall–Kier alpha value is -1.92. The molecule has 0 amide bonds. The van der Waals surface area contributed by atoms with Crippen LogP contribution < -0.4 is 11.0 Å². The van der Waals surface area contributed by atoms with Gasteiger partial charge in [-0.15, -0.1) is 0 Å². The van der Waals surface area contributed by atoms with Gasteiger partial charge in [0.15, 0.2) is 0 Å². The quantitative estimate of drug-likeness (QED) is 0.493. The maximum Gasteiger partial charge on any atom is 0.298 e. The average molecular weight is 287 g/mol. The second-order valence-electron chi connectivity index (χ2n) is 3.39. The van der Waals surface area contributed by atoms with E-state index in [1.54, 1.807) is 0 Å². The highest BCUT2D eigenvalue weighted by Gasteiger charge is 2.20. The summed E-state index contributed by atoms with van der Waals surface area (Å²) in [5, 5.41) is 10.7. The smallest absolute Gasteiger partial charge is 0.298 e. The Labute approximate surface area is 109 Å². The first-order valence-electron chi connectivity index (χ1n) is 4.61. The molecule has 0 radical (unpaired) electrons. The third kappa shape index (κ3) is 1.96. The van der Waals surface area contributed by atoms with Gasteiger partial charge in [0.05, 0.1) is 20.8 Å². The van der Waals surface area contributed by atoms with Crippen molar-refractivity contribution >= 4 is 39.8 Å².